The van der Waals surface area contributed by atoms with Crippen molar-refractivity contribution in [3.63, 3.8) is 0 Å². The quantitative estimate of drug-likeness (QED) is 0.889. The smallest absolute Gasteiger partial charge is 0.255 e. The molecule has 0 spiro atoms. The van der Waals surface area contributed by atoms with Crippen molar-refractivity contribution in [2.45, 2.75) is 13.5 Å². The maximum atomic E-state index is 13.4. The molecule has 2 aromatic carbocycles. The number of rotatable bonds is 3. The van der Waals surface area contributed by atoms with Crippen LogP contribution in [0.5, 0.6) is 0 Å². The normalized spacial score (nSPS) is 10.3. The number of carbonyl (C=O) groups excluding carboxylic acids is 1. The van der Waals surface area contributed by atoms with Gasteiger partial charge in [-0.2, -0.15) is 0 Å². The highest BCUT2D eigenvalue weighted by Crippen LogP contribution is 2.13. The first-order valence-corrected chi connectivity index (χ1v) is 5.96. The molecule has 3 N–H and O–H groups in total. The van der Waals surface area contributed by atoms with Gasteiger partial charge in [0.15, 0.2) is 0 Å². The van der Waals surface area contributed by atoms with Crippen molar-refractivity contribution in [1.29, 1.82) is 0 Å². The number of hydrogen-bond donors (Lipinski definition) is 2. The average molecular weight is 258 g/mol. The van der Waals surface area contributed by atoms with Crippen molar-refractivity contribution in [1.82, 2.24) is 0 Å². The summed E-state index contributed by atoms with van der Waals surface area (Å²) in [7, 11) is 0. The van der Waals surface area contributed by atoms with E-state index in [2.05, 4.69) is 5.32 Å². The molecule has 0 fully saturated rings. The van der Waals surface area contributed by atoms with Gasteiger partial charge in [0.05, 0.1) is 0 Å². The van der Waals surface area contributed by atoms with Gasteiger partial charge in [0.25, 0.3) is 5.91 Å². The molecule has 0 aliphatic rings. The molecule has 0 heterocycles. The van der Waals surface area contributed by atoms with E-state index < -0.39 is 0 Å². The number of hydrogen-bond acceptors (Lipinski definition) is 2. The van der Waals surface area contributed by atoms with Crippen LogP contribution in [-0.4, -0.2) is 5.91 Å². The second-order valence-electron chi connectivity index (χ2n) is 4.32. The van der Waals surface area contributed by atoms with E-state index in [9.17, 15) is 9.18 Å². The van der Waals surface area contributed by atoms with Gasteiger partial charge in [-0.15, -0.1) is 0 Å². The van der Waals surface area contributed by atoms with Crippen LogP contribution in [0.1, 0.15) is 21.5 Å². The van der Waals surface area contributed by atoms with Crippen LogP contribution in [0.25, 0.3) is 0 Å². The SMILES string of the molecule is Cc1ccc(C(=O)Nc2ccc(CN)cc2)cc1F. The summed E-state index contributed by atoms with van der Waals surface area (Å²) in [6.45, 7) is 2.11. The Hall–Kier alpha value is -2.20. The van der Waals surface area contributed by atoms with Gasteiger partial charge in [0.1, 0.15) is 5.82 Å². The number of anilines is 1. The second kappa shape index (κ2) is 5.63. The minimum atomic E-state index is -0.383. The third kappa shape index (κ3) is 3.17. The van der Waals surface area contributed by atoms with Crippen molar-refractivity contribution >= 4 is 11.6 Å². The van der Waals surface area contributed by atoms with E-state index in [-0.39, 0.29) is 11.7 Å². The van der Waals surface area contributed by atoms with Gasteiger partial charge in [-0.3, -0.25) is 4.79 Å². The molecule has 2 aromatic rings. The summed E-state index contributed by atoms with van der Waals surface area (Å²) in [4.78, 5) is 11.9. The lowest BCUT2D eigenvalue weighted by Gasteiger charge is -2.07. The van der Waals surface area contributed by atoms with Crippen molar-refractivity contribution in [2.75, 3.05) is 5.32 Å². The summed E-state index contributed by atoms with van der Waals surface area (Å²) in [5.74, 6) is -0.717. The van der Waals surface area contributed by atoms with Crippen molar-refractivity contribution in [2.24, 2.45) is 5.73 Å². The zero-order valence-corrected chi connectivity index (χ0v) is 10.6. The van der Waals surface area contributed by atoms with E-state index in [0.717, 1.165) is 5.56 Å². The summed E-state index contributed by atoms with van der Waals surface area (Å²) in [6.07, 6.45) is 0. The summed E-state index contributed by atoms with van der Waals surface area (Å²) >= 11 is 0. The highest BCUT2D eigenvalue weighted by atomic mass is 19.1. The molecule has 0 aliphatic carbocycles. The molecule has 0 aliphatic heterocycles. The van der Waals surface area contributed by atoms with Gasteiger partial charge in [-0.05, 0) is 42.3 Å². The second-order valence-corrected chi connectivity index (χ2v) is 4.32. The predicted octanol–water partition coefficient (Wildman–Crippen LogP) is 2.85. The number of nitrogens with two attached hydrogens (primary N) is 1. The fourth-order valence-corrected chi connectivity index (χ4v) is 1.66. The lowest BCUT2D eigenvalue weighted by molar-refractivity contribution is 0.102. The molecule has 2 rings (SSSR count). The number of benzene rings is 2. The van der Waals surface area contributed by atoms with E-state index in [1.807, 2.05) is 12.1 Å². The molecular formula is C15H15FN2O. The van der Waals surface area contributed by atoms with E-state index in [4.69, 9.17) is 5.73 Å². The molecule has 98 valence electrons. The van der Waals surface area contributed by atoms with Crippen LogP contribution in [0.2, 0.25) is 0 Å². The molecule has 0 aromatic heterocycles. The fraction of sp³-hybridized carbons (Fsp3) is 0.133. The molecule has 0 radical (unpaired) electrons. The standard InChI is InChI=1S/C15H15FN2O/c1-10-2-5-12(8-14(10)16)15(19)18-13-6-3-11(9-17)4-7-13/h2-8H,9,17H2,1H3,(H,18,19). The highest BCUT2D eigenvalue weighted by Gasteiger charge is 2.08. The van der Waals surface area contributed by atoms with E-state index in [0.29, 0.717) is 23.4 Å². The molecule has 3 nitrogen and oxygen atoms in total. The minimum Gasteiger partial charge on any atom is -0.326 e. The molecule has 0 saturated carbocycles. The van der Waals surface area contributed by atoms with Crippen molar-refractivity contribution < 1.29 is 9.18 Å². The van der Waals surface area contributed by atoms with Crippen LogP contribution in [-0.2, 0) is 6.54 Å². The summed E-state index contributed by atoms with van der Waals surface area (Å²) in [5.41, 5.74) is 7.95. The minimum absolute atomic E-state index is 0.297. The summed E-state index contributed by atoms with van der Waals surface area (Å²) in [5, 5.41) is 2.71. The molecule has 19 heavy (non-hydrogen) atoms. The largest absolute Gasteiger partial charge is 0.326 e. The Morgan fingerprint density at radius 3 is 2.47 bits per heavy atom. The Bertz CT molecular complexity index is 594. The topological polar surface area (TPSA) is 55.1 Å². The van der Waals surface area contributed by atoms with Gasteiger partial charge in [-0.1, -0.05) is 18.2 Å². The Morgan fingerprint density at radius 2 is 1.89 bits per heavy atom. The number of nitrogens with one attached hydrogen (secondary N) is 1. The van der Waals surface area contributed by atoms with Crippen LogP contribution >= 0.6 is 0 Å². The van der Waals surface area contributed by atoms with Crippen LogP contribution in [0.4, 0.5) is 10.1 Å². The van der Waals surface area contributed by atoms with Gasteiger partial charge >= 0.3 is 0 Å². The maximum Gasteiger partial charge on any atom is 0.255 e. The average Bonchev–Trinajstić information content (AvgIpc) is 2.42. The maximum absolute atomic E-state index is 13.4. The van der Waals surface area contributed by atoms with Crippen LogP contribution < -0.4 is 11.1 Å². The molecule has 0 atom stereocenters. The fourth-order valence-electron chi connectivity index (χ4n) is 1.66. The Balaban J connectivity index is 2.13. The highest BCUT2D eigenvalue weighted by molar-refractivity contribution is 6.04. The van der Waals surface area contributed by atoms with E-state index in [1.54, 1.807) is 31.2 Å². The van der Waals surface area contributed by atoms with Crippen LogP contribution in [0.3, 0.4) is 0 Å². The Kier molecular flexibility index (Phi) is 3.92. The third-order valence-electron chi connectivity index (χ3n) is 2.88. The Morgan fingerprint density at radius 1 is 1.21 bits per heavy atom. The lowest BCUT2D eigenvalue weighted by atomic mass is 10.1. The molecule has 1 amide bonds. The van der Waals surface area contributed by atoms with Crippen LogP contribution in [0.15, 0.2) is 42.5 Å². The monoisotopic (exact) mass is 258 g/mol. The first-order valence-electron chi connectivity index (χ1n) is 5.96. The van der Waals surface area contributed by atoms with Crippen molar-refractivity contribution in [3.8, 4) is 0 Å². The molecule has 0 saturated heterocycles. The van der Waals surface area contributed by atoms with Gasteiger partial charge < -0.3 is 11.1 Å². The van der Waals surface area contributed by atoms with Gasteiger partial charge in [0.2, 0.25) is 0 Å². The molecule has 0 bridgehead atoms. The lowest BCUT2D eigenvalue weighted by Crippen LogP contribution is -2.12. The number of halogens is 1. The number of aryl methyl sites for hydroxylation is 1. The summed E-state index contributed by atoms with van der Waals surface area (Å²) < 4.78 is 13.4. The first-order chi connectivity index (χ1) is 9.10. The van der Waals surface area contributed by atoms with Gasteiger partial charge in [0, 0.05) is 17.8 Å². The zero-order chi connectivity index (χ0) is 13.8. The van der Waals surface area contributed by atoms with Gasteiger partial charge in [-0.25, -0.2) is 4.39 Å². The third-order valence-corrected chi connectivity index (χ3v) is 2.88. The first kappa shape index (κ1) is 13.2. The number of carbonyl (C=O) groups is 1. The Labute approximate surface area is 111 Å². The molecule has 4 heteroatoms. The van der Waals surface area contributed by atoms with Crippen molar-refractivity contribution in [3.05, 3.63) is 65.0 Å². The van der Waals surface area contributed by atoms with Crippen LogP contribution in [0, 0.1) is 12.7 Å². The van der Waals surface area contributed by atoms with E-state index in [1.165, 1.54) is 6.07 Å². The predicted molar refractivity (Wildman–Crippen MR) is 73.4 cm³/mol. The molecular weight excluding hydrogens is 243 g/mol. The van der Waals surface area contributed by atoms with E-state index >= 15 is 0 Å². The zero-order valence-electron chi connectivity index (χ0n) is 10.6. The number of amides is 1. The summed E-state index contributed by atoms with van der Waals surface area (Å²) in [6, 6.07) is 11.6. The molecule has 0 unspecified atom stereocenters.